The third-order valence-electron chi connectivity index (χ3n) is 4.17. The molecule has 1 aromatic rings. The molecule has 122 valence electrons. The Bertz CT molecular complexity index is 357. The fourth-order valence-corrected chi connectivity index (χ4v) is 2.68. The van der Waals surface area contributed by atoms with Crippen molar-refractivity contribution in [2.24, 2.45) is 0 Å². The van der Waals surface area contributed by atoms with Crippen LogP contribution in [0.4, 0.5) is 0 Å². The minimum Gasteiger partial charge on any atom is -0.313 e. The third-order valence-corrected chi connectivity index (χ3v) is 4.17. The minimum absolute atomic E-state index is 0.955. The van der Waals surface area contributed by atoms with E-state index in [1.54, 1.807) is 0 Å². The van der Waals surface area contributed by atoms with Crippen molar-refractivity contribution in [2.45, 2.75) is 91.6 Å². The molecular weight excluding hydrogens is 258 g/mol. The zero-order valence-electron chi connectivity index (χ0n) is 14.5. The quantitative estimate of drug-likeness (QED) is 0.528. The molecule has 0 radical (unpaired) electrons. The van der Waals surface area contributed by atoms with Gasteiger partial charge in [0.05, 0.1) is 6.20 Å². The van der Waals surface area contributed by atoms with Gasteiger partial charge in [0.1, 0.15) is 0 Å². The molecule has 0 saturated heterocycles. The summed E-state index contributed by atoms with van der Waals surface area (Å²) in [6, 6.07) is 0. The molecule has 0 unspecified atom stereocenters. The summed E-state index contributed by atoms with van der Waals surface area (Å²) in [5.41, 5.74) is 2.68. The van der Waals surface area contributed by atoms with Crippen LogP contribution in [-0.2, 0) is 13.1 Å². The highest BCUT2D eigenvalue weighted by Gasteiger charge is 2.05. The van der Waals surface area contributed by atoms with Gasteiger partial charge in [-0.15, -0.1) is 0 Å². The van der Waals surface area contributed by atoms with Crippen LogP contribution < -0.4 is 5.32 Å². The summed E-state index contributed by atoms with van der Waals surface area (Å²) in [6.07, 6.45) is 14.2. The summed E-state index contributed by atoms with van der Waals surface area (Å²) in [6.45, 7) is 9.79. The fraction of sp³-hybridized carbons (Fsp3) is 0.833. The van der Waals surface area contributed by atoms with Gasteiger partial charge in [-0.05, 0) is 26.3 Å². The largest absolute Gasteiger partial charge is 0.313 e. The van der Waals surface area contributed by atoms with Gasteiger partial charge >= 0.3 is 0 Å². The summed E-state index contributed by atoms with van der Waals surface area (Å²) in [5.74, 6) is 0. The molecule has 1 N–H and O–H groups in total. The molecule has 0 spiro atoms. The highest BCUT2D eigenvalue weighted by Crippen LogP contribution is 2.11. The molecule has 1 aromatic heterocycles. The van der Waals surface area contributed by atoms with Gasteiger partial charge in [-0.3, -0.25) is 4.68 Å². The van der Waals surface area contributed by atoms with Crippen molar-refractivity contribution in [2.75, 3.05) is 6.54 Å². The second-order valence-corrected chi connectivity index (χ2v) is 6.13. The van der Waals surface area contributed by atoms with Gasteiger partial charge in [-0.1, -0.05) is 58.8 Å². The Morgan fingerprint density at radius 1 is 0.952 bits per heavy atom. The van der Waals surface area contributed by atoms with E-state index >= 15 is 0 Å². The summed E-state index contributed by atoms with van der Waals surface area (Å²) in [4.78, 5) is 0. The van der Waals surface area contributed by atoms with E-state index in [0.717, 1.165) is 19.6 Å². The number of aromatic nitrogens is 2. The number of nitrogens with zero attached hydrogens (tertiary/aromatic N) is 2. The average molecular weight is 293 g/mol. The van der Waals surface area contributed by atoms with Gasteiger partial charge in [0, 0.05) is 24.3 Å². The SMILES string of the molecule is CCCCCCCCCCn1ncc(CNCCC)c1C. The van der Waals surface area contributed by atoms with Crippen molar-refractivity contribution in [3.63, 3.8) is 0 Å². The topological polar surface area (TPSA) is 29.9 Å². The Kier molecular flexibility index (Phi) is 10.2. The lowest BCUT2D eigenvalue weighted by Crippen LogP contribution is -2.14. The predicted molar refractivity (Wildman–Crippen MR) is 91.6 cm³/mol. The molecule has 0 aliphatic rings. The zero-order chi connectivity index (χ0) is 15.3. The Hall–Kier alpha value is -0.830. The van der Waals surface area contributed by atoms with Crippen LogP contribution in [0.5, 0.6) is 0 Å². The number of nitrogens with one attached hydrogen (secondary N) is 1. The molecule has 0 fully saturated rings. The Morgan fingerprint density at radius 2 is 1.62 bits per heavy atom. The van der Waals surface area contributed by atoms with Gasteiger partial charge < -0.3 is 5.32 Å². The Morgan fingerprint density at radius 3 is 2.29 bits per heavy atom. The molecule has 0 aromatic carbocycles. The molecule has 0 bridgehead atoms. The van der Waals surface area contributed by atoms with E-state index in [0.29, 0.717) is 0 Å². The Labute approximate surface area is 131 Å². The first-order valence-electron chi connectivity index (χ1n) is 9.01. The van der Waals surface area contributed by atoms with E-state index in [1.165, 1.54) is 69.0 Å². The monoisotopic (exact) mass is 293 g/mol. The molecule has 3 heteroatoms. The molecule has 1 rings (SSSR count). The van der Waals surface area contributed by atoms with Crippen LogP contribution in [0.25, 0.3) is 0 Å². The van der Waals surface area contributed by atoms with E-state index in [9.17, 15) is 0 Å². The van der Waals surface area contributed by atoms with Gasteiger partial charge in [0.15, 0.2) is 0 Å². The third kappa shape index (κ3) is 7.66. The molecule has 1 heterocycles. The molecule has 0 amide bonds. The van der Waals surface area contributed by atoms with Crippen LogP contribution in [0.3, 0.4) is 0 Å². The second kappa shape index (κ2) is 11.8. The smallest absolute Gasteiger partial charge is 0.0537 e. The van der Waals surface area contributed by atoms with Gasteiger partial charge in [0.2, 0.25) is 0 Å². The van der Waals surface area contributed by atoms with Crippen LogP contribution in [0.15, 0.2) is 6.20 Å². The lowest BCUT2D eigenvalue weighted by molar-refractivity contribution is 0.512. The molecule has 0 atom stereocenters. The van der Waals surface area contributed by atoms with Crippen LogP contribution in [-0.4, -0.2) is 16.3 Å². The predicted octanol–water partition coefficient (Wildman–Crippen LogP) is 4.83. The average Bonchev–Trinajstić information content (AvgIpc) is 2.83. The fourth-order valence-electron chi connectivity index (χ4n) is 2.68. The first-order valence-corrected chi connectivity index (χ1v) is 9.01. The van der Waals surface area contributed by atoms with Crippen molar-refractivity contribution in [1.29, 1.82) is 0 Å². The zero-order valence-corrected chi connectivity index (χ0v) is 14.5. The van der Waals surface area contributed by atoms with E-state index < -0.39 is 0 Å². The molecule has 0 aliphatic heterocycles. The summed E-state index contributed by atoms with van der Waals surface area (Å²) in [5, 5.41) is 7.98. The summed E-state index contributed by atoms with van der Waals surface area (Å²) >= 11 is 0. The van der Waals surface area contributed by atoms with Crippen LogP contribution in [0, 0.1) is 6.92 Å². The van der Waals surface area contributed by atoms with Crippen molar-refractivity contribution < 1.29 is 0 Å². The number of rotatable bonds is 13. The first kappa shape index (κ1) is 18.2. The lowest BCUT2D eigenvalue weighted by atomic mass is 10.1. The van der Waals surface area contributed by atoms with Crippen molar-refractivity contribution in [3.8, 4) is 0 Å². The van der Waals surface area contributed by atoms with E-state index in [4.69, 9.17) is 0 Å². The first-order chi connectivity index (χ1) is 10.3. The van der Waals surface area contributed by atoms with Crippen LogP contribution >= 0.6 is 0 Å². The minimum atomic E-state index is 0.955. The lowest BCUT2D eigenvalue weighted by Gasteiger charge is -2.06. The molecule has 21 heavy (non-hydrogen) atoms. The van der Waals surface area contributed by atoms with E-state index in [1.807, 2.05) is 6.20 Å². The van der Waals surface area contributed by atoms with E-state index in [2.05, 4.69) is 35.9 Å². The highest BCUT2D eigenvalue weighted by atomic mass is 15.3. The summed E-state index contributed by atoms with van der Waals surface area (Å²) < 4.78 is 2.18. The number of aryl methyl sites for hydroxylation is 1. The second-order valence-electron chi connectivity index (χ2n) is 6.13. The Balaban J connectivity index is 2.12. The molecule has 0 saturated carbocycles. The number of unbranched alkanes of at least 4 members (excludes halogenated alkanes) is 7. The van der Waals surface area contributed by atoms with Gasteiger partial charge in [-0.2, -0.15) is 5.10 Å². The maximum Gasteiger partial charge on any atom is 0.0537 e. The number of hydrogen-bond donors (Lipinski definition) is 1. The molecule has 3 nitrogen and oxygen atoms in total. The maximum atomic E-state index is 4.53. The van der Waals surface area contributed by atoms with Crippen LogP contribution in [0.2, 0.25) is 0 Å². The van der Waals surface area contributed by atoms with Crippen molar-refractivity contribution in [3.05, 3.63) is 17.5 Å². The van der Waals surface area contributed by atoms with E-state index in [-0.39, 0.29) is 0 Å². The highest BCUT2D eigenvalue weighted by molar-refractivity contribution is 5.15. The van der Waals surface area contributed by atoms with Crippen molar-refractivity contribution >= 4 is 0 Å². The molecular formula is C18H35N3. The van der Waals surface area contributed by atoms with Crippen LogP contribution in [0.1, 0.15) is 82.9 Å². The van der Waals surface area contributed by atoms with Crippen molar-refractivity contribution in [1.82, 2.24) is 15.1 Å². The number of hydrogen-bond acceptors (Lipinski definition) is 2. The maximum absolute atomic E-state index is 4.53. The van der Waals surface area contributed by atoms with Gasteiger partial charge in [0.25, 0.3) is 0 Å². The molecule has 0 aliphatic carbocycles. The van der Waals surface area contributed by atoms with Gasteiger partial charge in [-0.25, -0.2) is 0 Å². The standard InChI is InChI=1S/C18H35N3/c1-4-6-7-8-9-10-11-12-14-21-17(3)18(16-20-21)15-19-13-5-2/h16,19H,4-15H2,1-3H3. The normalized spacial score (nSPS) is 11.2. The summed E-state index contributed by atoms with van der Waals surface area (Å²) in [7, 11) is 0.